The van der Waals surface area contributed by atoms with Crippen molar-refractivity contribution in [1.82, 2.24) is 0 Å². The van der Waals surface area contributed by atoms with Gasteiger partial charge in [0.2, 0.25) is 0 Å². The minimum absolute atomic E-state index is 0.160. The van der Waals surface area contributed by atoms with Gasteiger partial charge in [-0.05, 0) is 58.2 Å². The molecule has 0 aliphatic heterocycles. The van der Waals surface area contributed by atoms with E-state index >= 15 is 0 Å². The molecule has 1 atom stereocenters. The molecule has 0 amide bonds. The molecule has 0 saturated heterocycles. The van der Waals surface area contributed by atoms with Crippen LogP contribution in [0.25, 0.3) is 0 Å². The fourth-order valence-electron chi connectivity index (χ4n) is 1.86. The maximum atomic E-state index is 11.8. The first kappa shape index (κ1) is 13.8. The number of rotatable bonds is 2. The Hall–Kier alpha value is -1.31. The van der Waals surface area contributed by atoms with Gasteiger partial charge in [0, 0.05) is 0 Å². The van der Waals surface area contributed by atoms with Crippen molar-refractivity contribution in [2.45, 2.75) is 47.6 Å². The molecular weight excluding hydrogens is 212 g/mol. The molecule has 0 saturated carbocycles. The lowest BCUT2D eigenvalue weighted by molar-refractivity contribution is -0.158. The van der Waals surface area contributed by atoms with Gasteiger partial charge in [0.25, 0.3) is 0 Å². The quantitative estimate of drug-likeness (QED) is 0.724. The van der Waals surface area contributed by atoms with Crippen LogP contribution >= 0.6 is 0 Å². The molecule has 0 aromatic heterocycles. The first-order chi connectivity index (χ1) is 7.73. The van der Waals surface area contributed by atoms with Crippen LogP contribution in [-0.4, -0.2) is 5.97 Å². The fourth-order valence-corrected chi connectivity index (χ4v) is 1.86. The second-order valence-electron chi connectivity index (χ2n) is 5.60. The molecule has 1 unspecified atom stereocenters. The first-order valence-corrected chi connectivity index (χ1v) is 6.00. The van der Waals surface area contributed by atoms with E-state index in [0.717, 1.165) is 5.56 Å². The standard InChI is InChI=1S/C15H22O2/c1-10-8-7-9-11(2)13(10)12(3)17-14(16)15(4,5)6/h7-9,12H,1-6H3. The van der Waals surface area contributed by atoms with E-state index in [-0.39, 0.29) is 12.1 Å². The number of aryl methyl sites for hydroxylation is 2. The second-order valence-corrected chi connectivity index (χ2v) is 5.60. The third-order valence-electron chi connectivity index (χ3n) is 2.84. The highest BCUT2D eigenvalue weighted by atomic mass is 16.5. The molecule has 0 bridgehead atoms. The third-order valence-corrected chi connectivity index (χ3v) is 2.84. The molecule has 0 heterocycles. The van der Waals surface area contributed by atoms with E-state index < -0.39 is 5.41 Å². The average molecular weight is 234 g/mol. The molecular formula is C15H22O2. The van der Waals surface area contributed by atoms with Crippen LogP contribution in [0.2, 0.25) is 0 Å². The Bertz CT molecular complexity index is 393. The van der Waals surface area contributed by atoms with Crippen LogP contribution in [0, 0.1) is 19.3 Å². The topological polar surface area (TPSA) is 26.3 Å². The first-order valence-electron chi connectivity index (χ1n) is 6.00. The summed E-state index contributed by atoms with van der Waals surface area (Å²) >= 11 is 0. The van der Waals surface area contributed by atoms with Gasteiger partial charge in [-0.1, -0.05) is 18.2 Å². The number of esters is 1. The summed E-state index contributed by atoms with van der Waals surface area (Å²) in [6.45, 7) is 11.6. The van der Waals surface area contributed by atoms with E-state index in [1.54, 1.807) is 0 Å². The van der Waals surface area contributed by atoms with Crippen molar-refractivity contribution in [1.29, 1.82) is 0 Å². The van der Waals surface area contributed by atoms with Crippen LogP contribution in [-0.2, 0) is 9.53 Å². The molecule has 17 heavy (non-hydrogen) atoms. The van der Waals surface area contributed by atoms with Crippen LogP contribution in [0.1, 0.15) is 50.5 Å². The number of benzene rings is 1. The zero-order valence-corrected chi connectivity index (χ0v) is 11.6. The summed E-state index contributed by atoms with van der Waals surface area (Å²) in [5.74, 6) is -0.160. The summed E-state index contributed by atoms with van der Waals surface area (Å²) in [6.07, 6.45) is -0.192. The van der Waals surface area contributed by atoms with Crippen molar-refractivity contribution >= 4 is 5.97 Å². The Morgan fingerprint density at radius 1 is 1.18 bits per heavy atom. The molecule has 2 nitrogen and oxygen atoms in total. The highest BCUT2D eigenvalue weighted by Gasteiger charge is 2.26. The van der Waals surface area contributed by atoms with E-state index in [9.17, 15) is 4.79 Å². The largest absolute Gasteiger partial charge is 0.457 e. The summed E-state index contributed by atoms with van der Waals surface area (Å²) in [6, 6.07) is 6.11. The second kappa shape index (κ2) is 4.91. The van der Waals surface area contributed by atoms with Gasteiger partial charge in [0.05, 0.1) is 5.41 Å². The Labute approximate surface area is 104 Å². The van der Waals surface area contributed by atoms with Crippen molar-refractivity contribution in [2.75, 3.05) is 0 Å². The zero-order valence-electron chi connectivity index (χ0n) is 11.6. The molecule has 0 aliphatic rings. The number of ether oxygens (including phenoxy) is 1. The van der Waals surface area contributed by atoms with Gasteiger partial charge >= 0.3 is 5.97 Å². The van der Waals surface area contributed by atoms with Gasteiger partial charge in [-0.2, -0.15) is 0 Å². The molecule has 94 valence electrons. The molecule has 2 heteroatoms. The van der Waals surface area contributed by atoms with E-state index in [4.69, 9.17) is 4.74 Å². The number of hydrogen-bond acceptors (Lipinski definition) is 2. The summed E-state index contributed by atoms with van der Waals surface area (Å²) in [7, 11) is 0. The highest BCUT2D eigenvalue weighted by molar-refractivity contribution is 5.75. The van der Waals surface area contributed by atoms with Crippen LogP contribution in [0.15, 0.2) is 18.2 Å². The maximum Gasteiger partial charge on any atom is 0.311 e. The van der Waals surface area contributed by atoms with Gasteiger partial charge in [0.15, 0.2) is 0 Å². The lowest BCUT2D eigenvalue weighted by Crippen LogP contribution is -2.24. The van der Waals surface area contributed by atoms with Crippen LogP contribution in [0.3, 0.4) is 0 Å². The monoisotopic (exact) mass is 234 g/mol. The summed E-state index contributed by atoms with van der Waals surface area (Å²) in [5, 5.41) is 0. The number of carbonyl (C=O) groups is 1. The van der Waals surface area contributed by atoms with Crippen molar-refractivity contribution in [2.24, 2.45) is 5.41 Å². The zero-order chi connectivity index (χ0) is 13.2. The Balaban J connectivity index is 2.91. The predicted molar refractivity (Wildman–Crippen MR) is 69.9 cm³/mol. The van der Waals surface area contributed by atoms with Crippen LogP contribution in [0.5, 0.6) is 0 Å². The lowest BCUT2D eigenvalue weighted by atomic mass is 9.96. The minimum Gasteiger partial charge on any atom is -0.457 e. The number of hydrogen-bond donors (Lipinski definition) is 0. The molecule has 1 aromatic carbocycles. The van der Waals surface area contributed by atoms with E-state index in [1.165, 1.54) is 11.1 Å². The van der Waals surface area contributed by atoms with Crippen LogP contribution in [0.4, 0.5) is 0 Å². The van der Waals surface area contributed by atoms with E-state index in [0.29, 0.717) is 0 Å². The highest BCUT2D eigenvalue weighted by Crippen LogP contribution is 2.27. The van der Waals surface area contributed by atoms with Gasteiger partial charge in [-0.3, -0.25) is 4.79 Å². The molecule has 0 N–H and O–H groups in total. The van der Waals surface area contributed by atoms with Gasteiger partial charge in [0.1, 0.15) is 6.10 Å². The normalized spacial score (nSPS) is 13.3. The van der Waals surface area contributed by atoms with Gasteiger partial charge in [-0.25, -0.2) is 0 Å². The van der Waals surface area contributed by atoms with Crippen molar-refractivity contribution in [3.8, 4) is 0 Å². The SMILES string of the molecule is Cc1cccc(C)c1C(C)OC(=O)C(C)(C)C. The fraction of sp³-hybridized carbons (Fsp3) is 0.533. The maximum absolute atomic E-state index is 11.8. The smallest absolute Gasteiger partial charge is 0.311 e. The Morgan fingerprint density at radius 2 is 1.65 bits per heavy atom. The Morgan fingerprint density at radius 3 is 2.06 bits per heavy atom. The molecule has 0 aliphatic carbocycles. The van der Waals surface area contributed by atoms with Gasteiger partial charge in [-0.15, -0.1) is 0 Å². The lowest BCUT2D eigenvalue weighted by Gasteiger charge is -2.23. The Kier molecular flexibility index (Phi) is 3.97. The van der Waals surface area contributed by atoms with Crippen molar-refractivity contribution in [3.05, 3.63) is 34.9 Å². The molecule has 1 aromatic rings. The predicted octanol–water partition coefficient (Wildman–Crippen LogP) is 3.95. The minimum atomic E-state index is -0.454. The molecule has 1 rings (SSSR count). The third kappa shape index (κ3) is 3.32. The van der Waals surface area contributed by atoms with Crippen LogP contribution < -0.4 is 0 Å². The average Bonchev–Trinajstić information content (AvgIpc) is 2.15. The van der Waals surface area contributed by atoms with E-state index in [1.807, 2.05) is 59.7 Å². The van der Waals surface area contributed by atoms with E-state index in [2.05, 4.69) is 0 Å². The van der Waals surface area contributed by atoms with Crippen molar-refractivity contribution < 1.29 is 9.53 Å². The molecule has 0 fully saturated rings. The summed E-state index contributed by atoms with van der Waals surface area (Å²) in [5.41, 5.74) is 2.99. The molecule has 0 radical (unpaired) electrons. The summed E-state index contributed by atoms with van der Waals surface area (Å²) in [4.78, 5) is 11.8. The molecule has 0 spiro atoms. The van der Waals surface area contributed by atoms with Crippen molar-refractivity contribution in [3.63, 3.8) is 0 Å². The number of carbonyl (C=O) groups excluding carboxylic acids is 1. The summed E-state index contributed by atoms with van der Waals surface area (Å²) < 4.78 is 5.52. The van der Waals surface area contributed by atoms with Gasteiger partial charge < -0.3 is 4.74 Å².